The van der Waals surface area contributed by atoms with Gasteiger partial charge in [-0.15, -0.1) is 0 Å². The predicted molar refractivity (Wildman–Crippen MR) is 72.1 cm³/mol. The lowest BCUT2D eigenvalue weighted by molar-refractivity contribution is -0.388. The van der Waals surface area contributed by atoms with E-state index in [9.17, 15) is 23.3 Å². The largest absolute Gasteiger partial charge is 0.423 e. The highest BCUT2D eigenvalue weighted by Gasteiger charge is 2.38. The predicted octanol–water partition coefficient (Wildman–Crippen LogP) is 3.92. The zero-order chi connectivity index (χ0) is 14.8. The second-order valence-corrected chi connectivity index (χ2v) is 5.91. The van der Waals surface area contributed by atoms with Crippen molar-refractivity contribution < 1.29 is 18.1 Å². The van der Waals surface area contributed by atoms with Gasteiger partial charge in [-0.1, -0.05) is 0 Å². The molecule has 1 fully saturated rings. The zero-order valence-electron chi connectivity index (χ0n) is 10.4. The Morgan fingerprint density at radius 1 is 1.45 bits per heavy atom. The first-order chi connectivity index (χ1) is 9.38. The van der Waals surface area contributed by atoms with Gasteiger partial charge in [-0.25, -0.2) is 0 Å². The van der Waals surface area contributed by atoms with Crippen LogP contribution in [-0.4, -0.2) is 22.5 Å². The molecule has 0 aliphatic carbocycles. The molecule has 0 saturated carbocycles. The monoisotopic (exact) mass is 306 g/mol. The number of benzene rings is 1. The fourth-order valence-electron chi connectivity index (χ4n) is 2.07. The SMILES string of the molecule is O=[N+]([O-])c1ccc(NCC2CCCS2)cc1C(F)(F)F. The number of nitrogens with one attached hydrogen (secondary N) is 1. The van der Waals surface area contributed by atoms with Gasteiger partial charge in [0.2, 0.25) is 0 Å². The van der Waals surface area contributed by atoms with E-state index >= 15 is 0 Å². The summed E-state index contributed by atoms with van der Waals surface area (Å²) in [6.45, 7) is 0.569. The summed E-state index contributed by atoms with van der Waals surface area (Å²) in [5.74, 6) is 1.07. The molecule has 2 rings (SSSR count). The van der Waals surface area contributed by atoms with E-state index in [1.54, 1.807) is 11.8 Å². The number of nitro benzene ring substituents is 1. The van der Waals surface area contributed by atoms with E-state index in [1.165, 1.54) is 6.07 Å². The minimum absolute atomic E-state index is 0.260. The fourth-order valence-corrected chi connectivity index (χ4v) is 3.27. The Balaban J connectivity index is 2.16. The third kappa shape index (κ3) is 3.56. The van der Waals surface area contributed by atoms with Gasteiger partial charge in [0, 0.05) is 23.5 Å². The van der Waals surface area contributed by atoms with Crippen LogP contribution in [0, 0.1) is 10.1 Å². The first-order valence-electron chi connectivity index (χ1n) is 6.09. The summed E-state index contributed by atoms with van der Waals surface area (Å²) >= 11 is 1.79. The average Bonchev–Trinajstić information content (AvgIpc) is 2.88. The Morgan fingerprint density at radius 2 is 2.20 bits per heavy atom. The number of hydrogen-bond donors (Lipinski definition) is 1. The topological polar surface area (TPSA) is 55.2 Å². The summed E-state index contributed by atoms with van der Waals surface area (Å²) in [7, 11) is 0. The lowest BCUT2D eigenvalue weighted by Gasteiger charge is -2.13. The first kappa shape index (κ1) is 15.0. The Labute approximate surface area is 117 Å². The smallest absolute Gasteiger partial charge is 0.384 e. The Kier molecular flexibility index (Phi) is 4.42. The maximum absolute atomic E-state index is 12.8. The average molecular weight is 306 g/mol. The Hall–Kier alpha value is -1.44. The van der Waals surface area contributed by atoms with Crippen molar-refractivity contribution in [2.24, 2.45) is 0 Å². The Bertz CT molecular complexity index is 502. The number of alkyl halides is 3. The normalized spacial score (nSPS) is 19.1. The lowest BCUT2D eigenvalue weighted by Crippen LogP contribution is -2.15. The third-order valence-corrected chi connectivity index (χ3v) is 4.45. The minimum Gasteiger partial charge on any atom is -0.384 e. The second-order valence-electron chi connectivity index (χ2n) is 4.50. The molecule has 20 heavy (non-hydrogen) atoms. The third-order valence-electron chi connectivity index (χ3n) is 3.06. The van der Waals surface area contributed by atoms with Gasteiger partial charge < -0.3 is 5.32 Å². The van der Waals surface area contributed by atoms with Crippen molar-refractivity contribution in [1.82, 2.24) is 0 Å². The molecule has 1 N–H and O–H groups in total. The highest BCUT2D eigenvalue weighted by atomic mass is 32.2. The molecule has 1 atom stereocenters. The van der Waals surface area contributed by atoms with E-state index in [4.69, 9.17) is 0 Å². The summed E-state index contributed by atoms with van der Waals surface area (Å²) in [5, 5.41) is 13.9. The van der Waals surface area contributed by atoms with Crippen LogP contribution in [0.4, 0.5) is 24.5 Å². The molecule has 0 radical (unpaired) electrons. The molecule has 1 saturated heterocycles. The van der Waals surface area contributed by atoms with Crippen LogP contribution in [0.1, 0.15) is 18.4 Å². The Morgan fingerprint density at radius 3 is 2.75 bits per heavy atom. The number of nitro groups is 1. The molecule has 0 spiro atoms. The van der Waals surface area contributed by atoms with Gasteiger partial charge in [-0.3, -0.25) is 10.1 Å². The molecule has 1 aromatic rings. The van der Waals surface area contributed by atoms with Crippen molar-refractivity contribution >= 4 is 23.1 Å². The number of anilines is 1. The van der Waals surface area contributed by atoms with E-state index in [0.717, 1.165) is 30.7 Å². The summed E-state index contributed by atoms with van der Waals surface area (Å²) < 4.78 is 38.4. The zero-order valence-corrected chi connectivity index (χ0v) is 11.3. The summed E-state index contributed by atoms with van der Waals surface area (Å²) in [4.78, 5) is 9.61. The summed E-state index contributed by atoms with van der Waals surface area (Å²) in [6.07, 6.45) is -2.58. The molecule has 0 aromatic heterocycles. The van der Waals surface area contributed by atoms with Crippen LogP contribution < -0.4 is 5.32 Å². The molecular formula is C12H13F3N2O2S. The summed E-state index contributed by atoms with van der Waals surface area (Å²) in [5.41, 5.74) is -1.87. The maximum atomic E-state index is 12.8. The van der Waals surface area contributed by atoms with Crippen LogP contribution in [0.3, 0.4) is 0 Å². The van der Waals surface area contributed by atoms with Crippen molar-refractivity contribution in [3.05, 3.63) is 33.9 Å². The van der Waals surface area contributed by atoms with Gasteiger partial charge in [-0.2, -0.15) is 24.9 Å². The standard InChI is InChI=1S/C12H13F3N2O2S/c13-12(14,15)10-6-8(3-4-11(10)17(18)19)16-7-9-2-1-5-20-9/h3-4,6,9,16H,1-2,5,7H2. The number of thioether (sulfide) groups is 1. The minimum atomic E-state index is -4.73. The van der Waals surface area contributed by atoms with Crippen LogP contribution >= 0.6 is 11.8 Å². The van der Waals surface area contributed by atoms with Crippen molar-refractivity contribution in [2.75, 3.05) is 17.6 Å². The lowest BCUT2D eigenvalue weighted by atomic mass is 10.1. The van der Waals surface area contributed by atoms with Crippen LogP contribution in [0.15, 0.2) is 18.2 Å². The molecule has 1 aliphatic rings. The van der Waals surface area contributed by atoms with Crippen LogP contribution in [0.25, 0.3) is 0 Å². The van der Waals surface area contributed by atoms with Gasteiger partial charge in [0.25, 0.3) is 5.69 Å². The maximum Gasteiger partial charge on any atom is 0.423 e. The van der Waals surface area contributed by atoms with Gasteiger partial charge in [-0.05, 0) is 30.7 Å². The van der Waals surface area contributed by atoms with Gasteiger partial charge in [0.15, 0.2) is 0 Å². The molecule has 1 aliphatic heterocycles. The van der Waals surface area contributed by atoms with Gasteiger partial charge in [0.05, 0.1) is 4.92 Å². The van der Waals surface area contributed by atoms with Crippen molar-refractivity contribution in [1.29, 1.82) is 0 Å². The molecule has 110 valence electrons. The number of nitrogens with zero attached hydrogens (tertiary/aromatic N) is 1. The van der Waals surface area contributed by atoms with Crippen molar-refractivity contribution in [2.45, 2.75) is 24.3 Å². The van der Waals surface area contributed by atoms with Crippen LogP contribution in [-0.2, 0) is 6.18 Å². The number of rotatable bonds is 4. The number of halogens is 3. The highest BCUT2D eigenvalue weighted by Crippen LogP contribution is 2.37. The molecule has 4 nitrogen and oxygen atoms in total. The second kappa shape index (κ2) is 5.90. The first-order valence-corrected chi connectivity index (χ1v) is 7.14. The molecule has 8 heteroatoms. The van der Waals surface area contributed by atoms with Gasteiger partial charge in [0.1, 0.15) is 5.56 Å². The van der Waals surface area contributed by atoms with E-state index in [1.807, 2.05) is 0 Å². The van der Waals surface area contributed by atoms with Crippen LogP contribution in [0.5, 0.6) is 0 Å². The molecule has 1 heterocycles. The molecule has 1 unspecified atom stereocenters. The fraction of sp³-hybridized carbons (Fsp3) is 0.500. The van der Waals surface area contributed by atoms with E-state index in [2.05, 4.69) is 5.32 Å². The van der Waals surface area contributed by atoms with E-state index in [-0.39, 0.29) is 5.69 Å². The summed E-state index contributed by atoms with van der Waals surface area (Å²) in [6, 6.07) is 3.01. The number of hydrogen-bond acceptors (Lipinski definition) is 4. The molecule has 0 amide bonds. The molecule has 1 aromatic carbocycles. The van der Waals surface area contributed by atoms with Crippen molar-refractivity contribution in [3.8, 4) is 0 Å². The van der Waals surface area contributed by atoms with E-state index in [0.29, 0.717) is 11.8 Å². The van der Waals surface area contributed by atoms with Crippen molar-refractivity contribution in [3.63, 3.8) is 0 Å². The van der Waals surface area contributed by atoms with E-state index < -0.39 is 22.4 Å². The molecule has 0 bridgehead atoms. The van der Waals surface area contributed by atoms with Crippen LogP contribution in [0.2, 0.25) is 0 Å². The quantitative estimate of drug-likeness (QED) is 0.676. The molecular weight excluding hydrogens is 293 g/mol. The highest BCUT2D eigenvalue weighted by molar-refractivity contribution is 8.00. The van der Waals surface area contributed by atoms with Gasteiger partial charge >= 0.3 is 6.18 Å².